The normalized spacial score (nSPS) is 35.1. The maximum Gasteiger partial charge on any atom is 0.364 e. The van der Waals surface area contributed by atoms with Crippen LogP contribution in [0.5, 0.6) is 0 Å². The fraction of sp³-hybridized carbons (Fsp3) is 0.908. The van der Waals surface area contributed by atoms with E-state index in [-0.39, 0.29) is 6.42 Å². The lowest BCUT2D eigenvalue weighted by molar-refractivity contribution is -0.408. The molecule has 147 heavy (non-hydrogen) atoms. The molecule has 28 N–H and O–H groups in total. The predicted molar refractivity (Wildman–Crippen MR) is 512 cm³/mol. The van der Waals surface area contributed by atoms with Crippen LogP contribution in [0.1, 0.15) is 273 Å². The summed E-state index contributed by atoms with van der Waals surface area (Å²) in [6, 6.07) is -9.17. The summed E-state index contributed by atoms with van der Waals surface area (Å²) in [5.74, 6) is -16.0. The highest BCUT2D eigenvalue weighted by molar-refractivity contribution is 5.78. The molecule has 14 unspecified atom stereocenters. The molecule has 0 aliphatic carbocycles. The summed E-state index contributed by atoms with van der Waals surface area (Å²) in [5, 5.41) is 276. The molecule has 39 atom stereocenters. The van der Waals surface area contributed by atoms with Crippen molar-refractivity contribution >= 4 is 41.5 Å². The fourth-order valence-electron chi connectivity index (χ4n) is 19.9. The van der Waals surface area contributed by atoms with Crippen LogP contribution in [0.15, 0.2) is 12.2 Å². The Morgan fingerprint density at radius 2 is 0.680 bits per heavy atom. The van der Waals surface area contributed by atoms with Crippen molar-refractivity contribution in [3.05, 3.63) is 12.2 Å². The lowest BCUT2D eigenvalue weighted by Gasteiger charge is -2.53. The molecule has 7 rings (SSSR count). The summed E-state index contributed by atoms with van der Waals surface area (Å²) in [6.07, 6.45) is -35.3. The molecule has 0 aromatic carbocycles. The summed E-state index contributed by atoms with van der Waals surface area (Å²) >= 11 is 0. The number of allylic oxidation sites excluding steroid dienone is 1. The average Bonchev–Trinajstić information content (AvgIpc) is 0.746. The van der Waals surface area contributed by atoms with Gasteiger partial charge in [-0.15, -0.1) is 0 Å². The molecule has 7 aliphatic heterocycles. The summed E-state index contributed by atoms with van der Waals surface area (Å²) in [5.41, 5.74) is 0. The van der Waals surface area contributed by atoms with Crippen LogP contribution >= 0.6 is 0 Å². The van der Waals surface area contributed by atoms with Crippen molar-refractivity contribution in [2.75, 3.05) is 52.9 Å². The number of ether oxygens (including phenoxy) is 14. The van der Waals surface area contributed by atoms with E-state index in [4.69, 9.17) is 66.3 Å². The number of carboxylic acid groups (broad SMARTS) is 2. The number of amides is 5. The summed E-state index contributed by atoms with van der Waals surface area (Å²) < 4.78 is 86.0. The van der Waals surface area contributed by atoms with Gasteiger partial charge in [0, 0.05) is 47.0 Å². The lowest BCUT2D eigenvalue weighted by atomic mass is 9.88. The number of carbonyl (C=O) groups is 7. The van der Waals surface area contributed by atoms with Crippen LogP contribution in [-0.4, -0.2) is 450 Å². The molecule has 0 bridgehead atoms. The zero-order valence-electron chi connectivity index (χ0n) is 85.5. The minimum absolute atomic E-state index is 0.0748. The highest BCUT2D eigenvalue weighted by Crippen LogP contribution is 2.45. The van der Waals surface area contributed by atoms with Gasteiger partial charge in [-0.2, -0.15) is 0 Å². The zero-order valence-corrected chi connectivity index (χ0v) is 85.5. The first-order valence-electron chi connectivity index (χ1n) is 52.7. The van der Waals surface area contributed by atoms with E-state index >= 15 is 0 Å². The van der Waals surface area contributed by atoms with Gasteiger partial charge in [-0.05, 0) is 19.3 Å². The van der Waals surface area contributed by atoms with Crippen LogP contribution in [0.3, 0.4) is 0 Å². The molecule has 7 saturated heterocycles. The standard InChI is InChI=1S/C98H173N5O44/c1-7-9-11-13-15-17-19-21-22-23-24-25-26-27-28-30-32-34-36-38-40-42-68(120)103-57(58(115)41-39-37-35-33-31-29-20-18-16-14-12-10-8-2)52-134-92-79(127)78(126)82(65(49-108)137-92)140-93-80(128)88(146-97(95(130)131)43-59(116)69(99-53(3)111)86(144-97)73(121)61(118)45-104)84(67(51-110)138-93)142-91-72(102-56(6)114)85(76(124)64(48-107)136-91)143-94-81(129)89(83(66(50-109)139-94)141-90-71(101-55(5)113)77(125)75(123)63(47-106)135-90)147-98(96(132)133)44-60(117)70(100-54(4)112)87(145-98)74(122)62(119)46-105/h39,41,57-67,69-94,104-110,115-119,121-129H,7-38,40,42-52H2,1-6H3,(H,99,111)(H,100,112)(H,101,113)(H,102,114)(H,103,120)(H,130,131)(H,132,133)/b41-39+/t57-,58+,59?,60?,61+,62+,63?,64?,65?,66?,67?,69+,70+,71?,72?,73+,74+,75-,76-,77+,78+,79?,80?,81?,82+,83-,84-,85+,86?,87?,88+,89+,90-,91-,92+,93-,94-,97-,98-/m0/s1. The number of aliphatic hydroxyl groups excluding tert-OH is 21. The number of rotatable bonds is 69. The number of carboxylic acids is 2. The molecule has 0 radical (unpaired) electrons. The second kappa shape index (κ2) is 66.1. The van der Waals surface area contributed by atoms with Crippen LogP contribution in [0.4, 0.5) is 0 Å². The molecule has 7 fully saturated rings. The van der Waals surface area contributed by atoms with Gasteiger partial charge in [0.1, 0.15) is 159 Å². The van der Waals surface area contributed by atoms with E-state index in [2.05, 4.69) is 40.4 Å². The first kappa shape index (κ1) is 129. The van der Waals surface area contributed by atoms with E-state index in [9.17, 15) is 151 Å². The average molecular weight is 2130 g/mol. The van der Waals surface area contributed by atoms with Crippen molar-refractivity contribution in [3.8, 4) is 0 Å². The van der Waals surface area contributed by atoms with Crippen molar-refractivity contribution in [1.82, 2.24) is 26.6 Å². The molecule has 49 heteroatoms. The molecule has 0 spiro atoms. The van der Waals surface area contributed by atoms with Crippen molar-refractivity contribution in [1.29, 1.82) is 0 Å². The Balaban J connectivity index is 1.19. The Labute approximate surface area is 857 Å². The maximum absolute atomic E-state index is 14.2. The molecule has 0 saturated carbocycles. The third-order valence-electron chi connectivity index (χ3n) is 28.1. The molecule has 7 aliphatic rings. The van der Waals surface area contributed by atoms with E-state index in [0.29, 0.717) is 12.8 Å². The number of aliphatic hydroxyl groups is 21. The Hall–Kier alpha value is -5.37. The number of nitrogens with one attached hydrogen (secondary N) is 5. The van der Waals surface area contributed by atoms with Gasteiger partial charge in [-0.3, -0.25) is 24.0 Å². The number of unbranched alkanes of at least 4 members (excludes halogenated alkanes) is 31. The second-order valence-corrected chi connectivity index (χ2v) is 39.9. The van der Waals surface area contributed by atoms with E-state index in [1.165, 1.54) is 134 Å². The van der Waals surface area contributed by atoms with Crippen molar-refractivity contribution in [3.63, 3.8) is 0 Å². The first-order chi connectivity index (χ1) is 70.2. The topological polar surface area (TPSA) is 774 Å². The van der Waals surface area contributed by atoms with Gasteiger partial charge in [-0.25, -0.2) is 9.59 Å². The van der Waals surface area contributed by atoms with Gasteiger partial charge in [-0.1, -0.05) is 219 Å². The minimum Gasteiger partial charge on any atom is -0.477 e. The highest BCUT2D eigenvalue weighted by Gasteiger charge is 2.65. The number of aliphatic carboxylic acids is 2. The molecule has 0 aromatic heterocycles. The molecule has 854 valence electrons. The first-order valence-corrected chi connectivity index (χ1v) is 52.7. The van der Waals surface area contributed by atoms with Gasteiger partial charge in [0.25, 0.3) is 11.6 Å². The Morgan fingerprint density at radius 3 is 1.05 bits per heavy atom. The summed E-state index contributed by atoms with van der Waals surface area (Å²) in [6.45, 7) is -1.53. The molecule has 0 aromatic rings. The van der Waals surface area contributed by atoms with Crippen LogP contribution in [0.2, 0.25) is 0 Å². The molecular formula is C98H173N5O44. The smallest absolute Gasteiger partial charge is 0.364 e. The predicted octanol–water partition coefficient (Wildman–Crippen LogP) is -3.56. The number of hydrogen-bond donors (Lipinski definition) is 28. The summed E-state index contributed by atoms with van der Waals surface area (Å²) in [7, 11) is 0. The van der Waals surface area contributed by atoms with E-state index in [0.717, 1.165) is 98.3 Å². The third-order valence-corrected chi connectivity index (χ3v) is 28.1. The van der Waals surface area contributed by atoms with Crippen LogP contribution in [0, 0.1) is 0 Å². The lowest BCUT2D eigenvalue weighted by Crippen LogP contribution is -2.73. The van der Waals surface area contributed by atoms with Gasteiger partial charge in [0.2, 0.25) is 29.5 Å². The minimum atomic E-state index is -3.56. The molecular weight excluding hydrogens is 1950 g/mol. The van der Waals surface area contributed by atoms with Crippen molar-refractivity contribution in [2.45, 2.75) is 511 Å². The molecule has 7 heterocycles. The van der Waals surface area contributed by atoms with E-state index in [1.54, 1.807) is 6.08 Å². The SMILES string of the molecule is CCCCCCCCCCCCC/C=C/[C@@H](O)[C@H](CO[C@@H]1OC(CO)[C@@H](O[C@@H]2OC(CO)[C@H](O[C@@H]3OC(CO)[C@H](O)[C@H](O[C@@H]4OC(CO)[C@H](O[C@@H]5OC(CO)[C@H](O)[C@H](O)C5NC(C)=O)[C@H](O[C@]5(C(=O)O)CC(O)[C@@H](NC(C)=O)C([C@H](O)[C@H](O)CO)O5)C4O)C3NC(C)=O)[C@H](O[C@]3(C(=O)O)CC(O)[C@@H](NC(C)=O)C([C@H](O)[C@H](O)CO)O3)C2O)[C@H](O)C1O)NC(=O)CCCCCCCCCCCCCCCCCCCCCCC. The highest BCUT2D eigenvalue weighted by atomic mass is 16.8. The van der Waals surface area contributed by atoms with E-state index < -0.39 is 345 Å². The Morgan fingerprint density at radius 1 is 0.354 bits per heavy atom. The largest absolute Gasteiger partial charge is 0.477 e. The zero-order chi connectivity index (χ0) is 108. The summed E-state index contributed by atoms with van der Waals surface area (Å²) in [4.78, 5) is 94.1. The van der Waals surface area contributed by atoms with Gasteiger partial charge >= 0.3 is 11.9 Å². The van der Waals surface area contributed by atoms with E-state index in [1.807, 2.05) is 0 Å². The number of carbonyl (C=O) groups excluding carboxylic acids is 5. The van der Waals surface area contributed by atoms with Gasteiger partial charge in [0.15, 0.2) is 31.5 Å². The molecule has 49 nitrogen and oxygen atoms in total. The second-order valence-electron chi connectivity index (χ2n) is 39.9. The van der Waals surface area contributed by atoms with Crippen molar-refractivity contribution < 1.29 is 217 Å². The molecule has 5 amide bonds. The fourth-order valence-corrected chi connectivity index (χ4v) is 19.9. The third kappa shape index (κ3) is 38.3. The number of hydrogen-bond acceptors (Lipinski definition) is 42. The monoisotopic (exact) mass is 2120 g/mol. The van der Waals surface area contributed by atoms with Gasteiger partial charge < -0.3 is 210 Å². The van der Waals surface area contributed by atoms with Crippen LogP contribution in [0.25, 0.3) is 0 Å². The van der Waals surface area contributed by atoms with Gasteiger partial charge in [0.05, 0.1) is 89.3 Å². The quantitative estimate of drug-likeness (QED) is 0.0207. The van der Waals surface area contributed by atoms with Crippen LogP contribution in [-0.2, 0) is 99.9 Å². The Bertz CT molecular complexity index is 3790. The maximum atomic E-state index is 14.2. The van der Waals surface area contributed by atoms with Crippen molar-refractivity contribution in [2.24, 2.45) is 0 Å². The Kier molecular flexibility index (Phi) is 57.8. The van der Waals surface area contributed by atoms with Crippen LogP contribution < -0.4 is 26.6 Å².